The van der Waals surface area contributed by atoms with Crippen molar-refractivity contribution in [1.82, 2.24) is 9.55 Å². The van der Waals surface area contributed by atoms with Crippen molar-refractivity contribution in [3.05, 3.63) is 128 Å². The largest absolute Gasteiger partial charge is 0.519 e. The Balaban J connectivity index is 0.00000387. The number of rotatable bonds is 5. The first kappa shape index (κ1) is 25.0. The van der Waals surface area contributed by atoms with Gasteiger partial charge in [-0.2, -0.15) is 24.9 Å². The molecule has 47 heavy (non-hydrogen) atoms. The number of ether oxygens (including phenoxy) is 1. The average molecular weight is 802 g/mol. The van der Waals surface area contributed by atoms with Crippen molar-refractivity contribution in [2.45, 2.75) is 57.5 Å². The number of aromatic nitrogens is 2. The normalized spacial score (nSPS) is 23.3. The molecule has 1 saturated heterocycles. The van der Waals surface area contributed by atoms with Crippen molar-refractivity contribution in [1.29, 1.82) is 0 Å². The molecule has 3 fully saturated rings. The molecule has 4 aromatic carbocycles. The number of para-hydroxylation sites is 2. The van der Waals surface area contributed by atoms with Gasteiger partial charge in [0, 0.05) is 62.0 Å². The van der Waals surface area contributed by atoms with E-state index in [2.05, 4.69) is 72.7 Å². The zero-order valence-electron chi connectivity index (χ0n) is 31.4. The molecule has 2 aliphatic carbocycles. The summed E-state index contributed by atoms with van der Waals surface area (Å²) < 4.78 is 50.9. The Morgan fingerprint density at radius 1 is 0.851 bits per heavy atom. The summed E-state index contributed by atoms with van der Waals surface area (Å²) in [4.78, 5) is 8.91. The van der Waals surface area contributed by atoms with Gasteiger partial charge in [-0.3, -0.25) is 0 Å². The number of nitrogens with zero attached hydrogens (tertiary/aromatic N) is 4. The Morgan fingerprint density at radius 2 is 1.62 bits per heavy atom. The van der Waals surface area contributed by atoms with E-state index in [1.807, 2.05) is 54.2 Å². The summed E-state index contributed by atoms with van der Waals surface area (Å²) in [6.45, 7) is 8.53. The molecule has 4 atom stereocenters. The molecule has 6 heteroatoms. The maximum absolute atomic E-state index is 8.73. The molecule has 0 radical (unpaired) electrons. The van der Waals surface area contributed by atoms with E-state index >= 15 is 0 Å². The van der Waals surface area contributed by atoms with Crippen LogP contribution in [0.15, 0.2) is 103 Å². The molecule has 1 aliphatic heterocycles. The van der Waals surface area contributed by atoms with Crippen LogP contribution >= 0.6 is 0 Å². The molecule has 3 heterocycles. The number of benzene rings is 4. The third kappa shape index (κ3) is 5.06. The van der Waals surface area contributed by atoms with E-state index in [9.17, 15) is 0 Å². The van der Waals surface area contributed by atoms with Gasteiger partial charge in [0.2, 0.25) is 0 Å². The maximum Gasteiger partial charge on any atom is 0.135 e. The Labute approximate surface area is 298 Å². The van der Waals surface area contributed by atoms with Gasteiger partial charge in [0.15, 0.2) is 0 Å². The van der Waals surface area contributed by atoms with Crippen molar-refractivity contribution in [3.8, 4) is 17.3 Å². The quantitative estimate of drug-likeness (QED) is 0.163. The van der Waals surface area contributed by atoms with Gasteiger partial charge < -0.3 is 19.1 Å². The molecule has 240 valence electrons. The van der Waals surface area contributed by atoms with Gasteiger partial charge in [-0.25, -0.2) is 4.98 Å². The van der Waals surface area contributed by atoms with Gasteiger partial charge in [-0.05, 0) is 77.7 Å². The monoisotopic (exact) mass is 801 g/mol. The summed E-state index contributed by atoms with van der Waals surface area (Å²) in [6, 6.07) is 28.2. The fourth-order valence-electron chi connectivity index (χ4n) is 8.05. The number of hydrogen-bond acceptors (Lipinski definition) is 4. The Hall–Kier alpha value is -4.08. The topological polar surface area (TPSA) is 33.5 Å². The fourth-order valence-corrected chi connectivity index (χ4v) is 8.05. The predicted octanol–water partition coefficient (Wildman–Crippen LogP) is 9.48. The van der Waals surface area contributed by atoms with E-state index in [4.69, 9.17) is 16.6 Å². The van der Waals surface area contributed by atoms with E-state index < -0.39 is 0 Å². The van der Waals surface area contributed by atoms with Crippen LogP contribution in [-0.4, -0.2) is 21.6 Å². The van der Waals surface area contributed by atoms with Gasteiger partial charge >= 0.3 is 0 Å². The first-order valence-corrected chi connectivity index (χ1v) is 16.1. The van der Waals surface area contributed by atoms with Crippen LogP contribution in [-0.2, 0) is 26.5 Å². The second kappa shape index (κ2) is 11.6. The molecule has 2 bridgehead atoms. The molecule has 2 aromatic heterocycles. The van der Waals surface area contributed by atoms with Crippen LogP contribution < -0.4 is 14.5 Å². The summed E-state index contributed by atoms with van der Waals surface area (Å²) in [5.74, 6) is 2.73. The summed E-state index contributed by atoms with van der Waals surface area (Å²) in [5.41, 5.74) is 4.12. The van der Waals surface area contributed by atoms with Crippen LogP contribution in [0.1, 0.15) is 52.5 Å². The number of fused-ring (bicyclic) bond motifs is 8. The van der Waals surface area contributed by atoms with Crippen LogP contribution in [0.3, 0.4) is 0 Å². The van der Waals surface area contributed by atoms with Gasteiger partial charge in [0.05, 0.1) is 6.85 Å². The first-order chi connectivity index (χ1) is 24.5. The molecule has 0 amide bonds. The van der Waals surface area contributed by atoms with E-state index in [0.29, 0.717) is 23.3 Å². The molecular formula is C41H37N4OPt-3. The Kier molecular flexibility index (Phi) is 6.15. The number of pyridine rings is 1. The fraction of sp³-hybridized carbons (Fsp3) is 0.268. The van der Waals surface area contributed by atoms with Crippen LogP contribution in [0.5, 0.6) is 11.5 Å². The molecule has 2 unspecified atom stereocenters. The van der Waals surface area contributed by atoms with Gasteiger partial charge in [0.1, 0.15) is 5.82 Å². The molecule has 2 saturated carbocycles. The SMILES string of the molecule is [2H]c1c([2H])c([2H])c(N2[CH-]N(c3[c-]c(Oc4[c-]c5c(cc4)c4ccccc4n5-c4cc(C(C)(C)C)ccn4)ccc3)[C@@H]3C2C2CC[C@@H]3C2)c([2H])c1[2H].[Pt]. The second-order valence-corrected chi connectivity index (χ2v) is 13.8. The zero-order chi connectivity index (χ0) is 35.3. The Morgan fingerprint density at radius 3 is 2.43 bits per heavy atom. The Bertz CT molecular complexity index is 2350. The van der Waals surface area contributed by atoms with Gasteiger partial charge in [-0.1, -0.05) is 62.6 Å². The number of hydrogen-bond donors (Lipinski definition) is 0. The third-order valence-corrected chi connectivity index (χ3v) is 10.1. The minimum atomic E-state index is -0.377. The molecule has 0 spiro atoms. The minimum absolute atomic E-state index is 0. The van der Waals surface area contributed by atoms with Crippen LogP contribution in [0.25, 0.3) is 27.6 Å². The van der Waals surface area contributed by atoms with Crippen molar-refractivity contribution < 1.29 is 32.7 Å². The van der Waals surface area contributed by atoms with E-state index in [-0.39, 0.29) is 74.5 Å². The summed E-state index contributed by atoms with van der Waals surface area (Å²) in [7, 11) is 0. The summed E-state index contributed by atoms with van der Waals surface area (Å²) in [5, 5.41) is 2.17. The van der Waals surface area contributed by atoms with E-state index in [1.165, 1.54) is 5.56 Å². The first-order valence-electron chi connectivity index (χ1n) is 18.6. The van der Waals surface area contributed by atoms with Crippen LogP contribution in [0, 0.1) is 30.6 Å². The van der Waals surface area contributed by atoms with Crippen molar-refractivity contribution in [2.24, 2.45) is 11.8 Å². The summed E-state index contributed by atoms with van der Waals surface area (Å²) >= 11 is 0. The van der Waals surface area contributed by atoms with Crippen LogP contribution in [0.4, 0.5) is 11.4 Å². The average Bonchev–Trinajstić information content (AvgIpc) is 3.91. The number of anilines is 2. The maximum atomic E-state index is 8.73. The second-order valence-electron chi connectivity index (χ2n) is 13.8. The molecule has 0 N–H and O–H groups in total. The van der Waals surface area contributed by atoms with Crippen molar-refractivity contribution in [3.63, 3.8) is 0 Å². The minimum Gasteiger partial charge on any atom is -0.519 e. The molecular weight excluding hydrogens is 760 g/mol. The molecule has 6 aromatic rings. The predicted molar refractivity (Wildman–Crippen MR) is 186 cm³/mol. The third-order valence-electron chi connectivity index (χ3n) is 10.1. The van der Waals surface area contributed by atoms with Crippen LogP contribution in [0.2, 0.25) is 0 Å². The van der Waals surface area contributed by atoms with E-state index in [0.717, 1.165) is 52.6 Å². The van der Waals surface area contributed by atoms with Gasteiger partial charge in [-0.15, -0.1) is 35.3 Å². The standard InChI is InChI=1S/C41H37N4O.Pt/c1-41(2,3)29-20-21-42-38(23-29)45-36-15-8-7-14-34(36)35-19-18-33(25-37(35)45)46-32-13-9-12-31(24-32)44-26-43(30-10-5-4-6-11-30)39-27-16-17-28(22-27)40(39)44;/h4-15,18-21,23,26-28,39-40H,16-17,22H2,1-3H3;/q-3;/t27?,28-,39?,40+;/m1./s1/i4D,5D,6D,10D,11D;. The molecule has 3 aliphatic rings. The zero-order valence-corrected chi connectivity index (χ0v) is 28.7. The molecule has 9 rings (SSSR count). The van der Waals surface area contributed by atoms with Crippen molar-refractivity contribution >= 4 is 33.2 Å². The van der Waals surface area contributed by atoms with E-state index in [1.54, 1.807) is 0 Å². The van der Waals surface area contributed by atoms with Crippen molar-refractivity contribution in [2.75, 3.05) is 9.80 Å². The molecule has 5 nitrogen and oxygen atoms in total. The van der Waals surface area contributed by atoms with Gasteiger partial charge in [0.25, 0.3) is 0 Å². The summed E-state index contributed by atoms with van der Waals surface area (Å²) in [6.07, 6.45) is 5.10. The smallest absolute Gasteiger partial charge is 0.135 e.